The Balaban J connectivity index is 1.43. The smallest absolute Gasteiger partial charge is 0.345 e. The predicted octanol–water partition coefficient (Wildman–Crippen LogP) is 2.00. The summed E-state index contributed by atoms with van der Waals surface area (Å²) < 4.78 is 0. The van der Waals surface area contributed by atoms with E-state index in [-0.39, 0.29) is 23.6 Å². The standard InChI is InChI=1S/C17H21N3O3/c1-18-10-5-8-17(15(18)21)9-11-19(12-17)16(22)20-14(23-20)13-6-3-2-4-7-13/h2-4,6-7,14H,5,8-12H2,1H3. The van der Waals surface area contributed by atoms with Crippen molar-refractivity contribution in [1.29, 1.82) is 0 Å². The van der Waals surface area contributed by atoms with Crippen molar-refractivity contribution >= 4 is 11.9 Å². The molecule has 3 heterocycles. The van der Waals surface area contributed by atoms with Gasteiger partial charge in [0.05, 0.1) is 5.41 Å². The minimum absolute atomic E-state index is 0.128. The second-order valence-electron chi connectivity index (χ2n) is 6.76. The monoisotopic (exact) mass is 315 g/mol. The van der Waals surface area contributed by atoms with Gasteiger partial charge < -0.3 is 9.80 Å². The fraction of sp³-hybridized carbons (Fsp3) is 0.529. The number of amides is 3. The molecule has 122 valence electrons. The zero-order valence-electron chi connectivity index (χ0n) is 13.3. The van der Waals surface area contributed by atoms with E-state index < -0.39 is 0 Å². The van der Waals surface area contributed by atoms with E-state index in [9.17, 15) is 9.59 Å². The summed E-state index contributed by atoms with van der Waals surface area (Å²) >= 11 is 0. The molecule has 2 unspecified atom stereocenters. The van der Waals surface area contributed by atoms with Crippen molar-refractivity contribution in [3.63, 3.8) is 0 Å². The normalized spacial score (nSPS) is 30.2. The van der Waals surface area contributed by atoms with Gasteiger partial charge in [0, 0.05) is 32.2 Å². The van der Waals surface area contributed by atoms with Gasteiger partial charge in [0.25, 0.3) is 0 Å². The van der Waals surface area contributed by atoms with Crippen LogP contribution in [0.2, 0.25) is 0 Å². The van der Waals surface area contributed by atoms with Crippen molar-refractivity contribution < 1.29 is 14.4 Å². The molecule has 6 heteroatoms. The number of hydrogen-bond donors (Lipinski definition) is 0. The van der Waals surface area contributed by atoms with Crippen molar-refractivity contribution in [2.24, 2.45) is 5.41 Å². The Morgan fingerprint density at radius 1 is 1.22 bits per heavy atom. The third kappa shape index (κ3) is 2.37. The van der Waals surface area contributed by atoms with Gasteiger partial charge in [-0.25, -0.2) is 9.63 Å². The number of carbonyl (C=O) groups excluding carboxylic acids is 2. The Bertz CT molecular complexity index is 635. The number of piperidine rings is 1. The van der Waals surface area contributed by atoms with Crippen LogP contribution in [-0.4, -0.2) is 53.5 Å². The van der Waals surface area contributed by atoms with E-state index in [1.807, 2.05) is 37.4 Å². The molecular weight excluding hydrogens is 294 g/mol. The summed E-state index contributed by atoms with van der Waals surface area (Å²) in [6.07, 6.45) is 2.36. The summed E-state index contributed by atoms with van der Waals surface area (Å²) in [6.45, 7) is 1.95. The summed E-state index contributed by atoms with van der Waals surface area (Å²) in [5.41, 5.74) is 0.601. The zero-order chi connectivity index (χ0) is 16.0. The molecule has 1 aromatic carbocycles. The van der Waals surface area contributed by atoms with Crippen LogP contribution in [0.25, 0.3) is 0 Å². The lowest BCUT2D eigenvalue weighted by Gasteiger charge is -2.37. The number of rotatable bonds is 1. The molecule has 0 bridgehead atoms. The van der Waals surface area contributed by atoms with Crippen LogP contribution in [0.5, 0.6) is 0 Å². The molecule has 3 amide bonds. The molecule has 4 rings (SSSR count). The lowest BCUT2D eigenvalue weighted by molar-refractivity contribution is -0.143. The third-order valence-corrected chi connectivity index (χ3v) is 5.23. The fourth-order valence-corrected chi connectivity index (χ4v) is 3.86. The van der Waals surface area contributed by atoms with Crippen LogP contribution >= 0.6 is 0 Å². The Morgan fingerprint density at radius 2 is 2.00 bits per heavy atom. The van der Waals surface area contributed by atoms with Gasteiger partial charge in [-0.1, -0.05) is 30.3 Å². The number of hydroxylamine groups is 2. The van der Waals surface area contributed by atoms with Gasteiger partial charge in [0.15, 0.2) is 0 Å². The molecule has 3 fully saturated rings. The number of hydrogen-bond acceptors (Lipinski definition) is 3. The summed E-state index contributed by atoms with van der Waals surface area (Å²) in [4.78, 5) is 34.2. The van der Waals surface area contributed by atoms with Crippen LogP contribution in [0.15, 0.2) is 30.3 Å². The highest BCUT2D eigenvalue weighted by Gasteiger charge is 2.52. The highest BCUT2D eigenvalue weighted by atomic mass is 16.8. The van der Waals surface area contributed by atoms with Crippen molar-refractivity contribution in [2.75, 3.05) is 26.7 Å². The molecule has 6 nitrogen and oxygen atoms in total. The highest BCUT2D eigenvalue weighted by molar-refractivity contribution is 5.85. The SMILES string of the molecule is CN1CCCC2(CCN(C(=O)N3OC3c3ccccc3)C2)C1=O. The first kappa shape index (κ1) is 14.5. The topological polar surface area (TPSA) is 56.2 Å². The molecule has 0 aliphatic carbocycles. The van der Waals surface area contributed by atoms with E-state index in [0.717, 1.165) is 31.4 Å². The molecule has 23 heavy (non-hydrogen) atoms. The summed E-state index contributed by atoms with van der Waals surface area (Å²) in [7, 11) is 1.85. The minimum Gasteiger partial charge on any atom is -0.345 e. The molecule has 2 atom stereocenters. The largest absolute Gasteiger partial charge is 0.346 e. The van der Waals surface area contributed by atoms with Crippen LogP contribution in [0, 0.1) is 5.41 Å². The van der Waals surface area contributed by atoms with Gasteiger partial charge in [0.1, 0.15) is 0 Å². The van der Waals surface area contributed by atoms with Crippen LogP contribution in [0.3, 0.4) is 0 Å². The highest BCUT2D eigenvalue weighted by Crippen LogP contribution is 2.43. The van der Waals surface area contributed by atoms with Crippen LogP contribution < -0.4 is 0 Å². The van der Waals surface area contributed by atoms with Gasteiger partial charge >= 0.3 is 6.03 Å². The average molecular weight is 315 g/mol. The van der Waals surface area contributed by atoms with E-state index in [1.54, 1.807) is 9.80 Å². The van der Waals surface area contributed by atoms with E-state index >= 15 is 0 Å². The number of benzene rings is 1. The Kier molecular flexibility index (Phi) is 3.30. The van der Waals surface area contributed by atoms with Crippen molar-refractivity contribution in [1.82, 2.24) is 14.9 Å². The lowest BCUT2D eigenvalue weighted by Crippen LogP contribution is -2.49. The quantitative estimate of drug-likeness (QED) is 0.745. The lowest BCUT2D eigenvalue weighted by atomic mass is 9.78. The fourth-order valence-electron chi connectivity index (χ4n) is 3.86. The Morgan fingerprint density at radius 3 is 2.78 bits per heavy atom. The summed E-state index contributed by atoms with van der Waals surface area (Å²) in [6, 6.07) is 9.57. The second-order valence-corrected chi connectivity index (χ2v) is 6.76. The first-order chi connectivity index (χ1) is 11.1. The van der Waals surface area contributed by atoms with E-state index in [1.165, 1.54) is 5.06 Å². The van der Waals surface area contributed by atoms with Crippen molar-refractivity contribution in [2.45, 2.75) is 25.5 Å². The third-order valence-electron chi connectivity index (χ3n) is 5.23. The van der Waals surface area contributed by atoms with Crippen LogP contribution in [0.1, 0.15) is 31.1 Å². The summed E-state index contributed by atoms with van der Waals surface area (Å²) in [5.74, 6) is 0.186. The van der Waals surface area contributed by atoms with Crippen LogP contribution in [0.4, 0.5) is 4.79 Å². The molecule has 3 aliphatic heterocycles. The zero-order valence-corrected chi connectivity index (χ0v) is 13.3. The number of likely N-dealkylation sites (tertiary alicyclic amines) is 2. The molecule has 0 N–H and O–H groups in total. The van der Waals surface area contributed by atoms with Crippen molar-refractivity contribution in [3.8, 4) is 0 Å². The number of carbonyl (C=O) groups is 2. The maximum absolute atomic E-state index is 12.6. The Hall–Kier alpha value is -2.08. The first-order valence-electron chi connectivity index (χ1n) is 8.16. The second kappa shape index (κ2) is 5.23. The molecule has 0 saturated carbocycles. The minimum atomic E-state index is -0.374. The van der Waals surface area contributed by atoms with Gasteiger partial charge in [-0.05, 0) is 19.3 Å². The first-order valence-corrected chi connectivity index (χ1v) is 8.16. The van der Waals surface area contributed by atoms with Gasteiger partial charge in [-0.15, -0.1) is 0 Å². The molecule has 3 aliphatic rings. The van der Waals surface area contributed by atoms with E-state index in [0.29, 0.717) is 13.1 Å². The predicted molar refractivity (Wildman–Crippen MR) is 83.0 cm³/mol. The number of urea groups is 1. The number of nitrogens with zero attached hydrogens (tertiary/aromatic N) is 3. The maximum atomic E-state index is 12.6. The van der Waals surface area contributed by atoms with E-state index in [2.05, 4.69) is 0 Å². The molecule has 0 aromatic heterocycles. The van der Waals surface area contributed by atoms with Gasteiger partial charge in [0.2, 0.25) is 12.1 Å². The molecular formula is C17H21N3O3. The molecule has 0 radical (unpaired) electrons. The maximum Gasteiger partial charge on any atom is 0.346 e. The Labute approximate surface area is 135 Å². The van der Waals surface area contributed by atoms with E-state index in [4.69, 9.17) is 4.84 Å². The van der Waals surface area contributed by atoms with Gasteiger partial charge in [-0.2, -0.15) is 5.06 Å². The molecule has 3 saturated heterocycles. The average Bonchev–Trinajstić information content (AvgIpc) is 3.27. The van der Waals surface area contributed by atoms with Crippen LogP contribution in [-0.2, 0) is 9.63 Å². The molecule has 1 spiro atoms. The molecule has 1 aromatic rings. The van der Waals surface area contributed by atoms with Crippen molar-refractivity contribution in [3.05, 3.63) is 35.9 Å². The summed E-state index contributed by atoms with van der Waals surface area (Å²) in [5, 5.41) is 1.41. The van der Waals surface area contributed by atoms with Gasteiger partial charge in [-0.3, -0.25) is 4.79 Å².